The van der Waals surface area contributed by atoms with Gasteiger partial charge in [-0.2, -0.15) is 0 Å². The minimum Gasteiger partial charge on any atom is -0.336 e. The average molecular weight is 277 g/mol. The molecule has 2 aliphatic rings. The highest BCUT2D eigenvalue weighted by Crippen LogP contribution is 2.38. The second kappa shape index (κ2) is 5.09. The van der Waals surface area contributed by atoms with Crippen LogP contribution in [0.3, 0.4) is 0 Å². The van der Waals surface area contributed by atoms with Crippen LogP contribution in [0.25, 0.3) is 0 Å². The van der Waals surface area contributed by atoms with Gasteiger partial charge in [0.2, 0.25) is 0 Å². The molecule has 2 aliphatic heterocycles. The molecule has 1 aromatic rings. The van der Waals surface area contributed by atoms with Gasteiger partial charge in [0.05, 0.1) is 18.6 Å². The van der Waals surface area contributed by atoms with E-state index in [-0.39, 0.29) is 6.03 Å². The fourth-order valence-electron chi connectivity index (χ4n) is 3.43. The zero-order chi connectivity index (χ0) is 14.2. The van der Waals surface area contributed by atoms with Crippen LogP contribution in [0.2, 0.25) is 0 Å². The number of imidazole rings is 1. The topological polar surface area (TPSA) is 53.4 Å². The Labute approximate surface area is 119 Å². The first-order valence-electron chi connectivity index (χ1n) is 7.25. The van der Waals surface area contributed by atoms with E-state index >= 15 is 0 Å². The van der Waals surface area contributed by atoms with Crippen molar-refractivity contribution in [2.24, 2.45) is 12.5 Å². The molecule has 3 rings (SSSR count). The predicted molar refractivity (Wildman–Crippen MR) is 76.2 cm³/mol. The molecule has 6 nitrogen and oxygen atoms in total. The van der Waals surface area contributed by atoms with Gasteiger partial charge in [-0.3, -0.25) is 0 Å². The van der Waals surface area contributed by atoms with Gasteiger partial charge >= 0.3 is 6.03 Å². The molecule has 20 heavy (non-hydrogen) atoms. The minimum absolute atomic E-state index is 0.0534. The summed E-state index contributed by atoms with van der Waals surface area (Å²) in [6.07, 6.45) is 5.89. The number of nitrogens with zero attached hydrogens (tertiary/aromatic N) is 4. The van der Waals surface area contributed by atoms with Crippen LogP contribution in [0.5, 0.6) is 0 Å². The lowest BCUT2D eigenvalue weighted by Crippen LogP contribution is -2.40. The lowest BCUT2D eigenvalue weighted by molar-refractivity contribution is 0.199. The molecule has 1 unspecified atom stereocenters. The van der Waals surface area contributed by atoms with Crippen LogP contribution in [0.4, 0.5) is 4.79 Å². The van der Waals surface area contributed by atoms with Crippen molar-refractivity contribution in [3.05, 3.63) is 18.2 Å². The van der Waals surface area contributed by atoms with Crippen LogP contribution >= 0.6 is 0 Å². The summed E-state index contributed by atoms with van der Waals surface area (Å²) >= 11 is 0. The number of likely N-dealkylation sites (tertiary alicyclic amines) is 2. The molecule has 2 saturated heterocycles. The maximum atomic E-state index is 12.2. The SMILES string of the molecule is CN1CCC2(CCN(C(=O)NCc3cncn3C)C2)C1. The quantitative estimate of drug-likeness (QED) is 0.864. The van der Waals surface area contributed by atoms with Crippen LogP contribution < -0.4 is 5.32 Å². The van der Waals surface area contributed by atoms with Gasteiger partial charge in [0.1, 0.15) is 0 Å². The largest absolute Gasteiger partial charge is 0.336 e. The molecule has 2 amide bonds. The smallest absolute Gasteiger partial charge is 0.317 e. The summed E-state index contributed by atoms with van der Waals surface area (Å²) < 4.78 is 1.93. The Kier molecular flexibility index (Phi) is 3.41. The fourth-order valence-corrected chi connectivity index (χ4v) is 3.43. The first kappa shape index (κ1) is 13.4. The second-order valence-corrected chi connectivity index (χ2v) is 6.31. The van der Waals surface area contributed by atoms with Gasteiger partial charge < -0.3 is 19.7 Å². The third kappa shape index (κ3) is 2.52. The van der Waals surface area contributed by atoms with Crippen molar-refractivity contribution >= 4 is 6.03 Å². The van der Waals surface area contributed by atoms with Crippen LogP contribution in [0.1, 0.15) is 18.5 Å². The summed E-state index contributed by atoms with van der Waals surface area (Å²) in [4.78, 5) is 20.6. The van der Waals surface area contributed by atoms with Gasteiger partial charge in [0.25, 0.3) is 0 Å². The number of carbonyl (C=O) groups excluding carboxylic acids is 1. The summed E-state index contributed by atoms with van der Waals surface area (Å²) in [6.45, 7) is 4.60. The highest BCUT2D eigenvalue weighted by Gasteiger charge is 2.43. The third-order valence-corrected chi connectivity index (χ3v) is 4.69. The monoisotopic (exact) mass is 277 g/mol. The number of amides is 2. The maximum absolute atomic E-state index is 12.2. The van der Waals surface area contributed by atoms with Crippen molar-refractivity contribution in [2.45, 2.75) is 19.4 Å². The predicted octanol–water partition coefficient (Wildman–Crippen LogP) is 0.657. The molecule has 1 atom stereocenters. The molecule has 2 fully saturated rings. The van der Waals surface area contributed by atoms with Crippen molar-refractivity contribution in [2.75, 3.05) is 33.2 Å². The lowest BCUT2D eigenvalue weighted by atomic mass is 9.86. The molecular formula is C14H23N5O. The zero-order valence-corrected chi connectivity index (χ0v) is 12.3. The van der Waals surface area contributed by atoms with Crippen molar-refractivity contribution in [3.63, 3.8) is 0 Å². The lowest BCUT2D eigenvalue weighted by Gasteiger charge is -2.24. The molecule has 0 radical (unpaired) electrons. The molecule has 6 heteroatoms. The summed E-state index contributed by atoms with van der Waals surface area (Å²) in [6, 6.07) is 0.0534. The number of aryl methyl sites for hydroxylation is 1. The van der Waals surface area contributed by atoms with Crippen molar-refractivity contribution < 1.29 is 4.79 Å². The average Bonchev–Trinajstić information content (AvgIpc) is 3.10. The normalized spacial score (nSPS) is 26.6. The standard InChI is InChI=1S/C14H23N5O/c1-17-5-3-14(9-17)4-6-19(10-14)13(20)16-8-12-7-15-11-18(12)2/h7,11H,3-6,8-10H2,1-2H3,(H,16,20). The molecule has 0 saturated carbocycles. The van der Waals surface area contributed by atoms with Crippen molar-refractivity contribution in [3.8, 4) is 0 Å². The van der Waals surface area contributed by atoms with E-state index in [1.807, 2.05) is 16.5 Å². The first-order valence-corrected chi connectivity index (χ1v) is 7.25. The maximum Gasteiger partial charge on any atom is 0.317 e. The number of nitrogens with one attached hydrogen (secondary N) is 1. The summed E-state index contributed by atoms with van der Waals surface area (Å²) in [7, 11) is 4.10. The third-order valence-electron chi connectivity index (χ3n) is 4.69. The first-order chi connectivity index (χ1) is 9.58. The van der Waals surface area contributed by atoms with Gasteiger partial charge in [-0.25, -0.2) is 9.78 Å². The van der Waals surface area contributed by atoms with Gasteiger partial charge in [0, 0.05) is 38.3 Å². The Bertz CT molecular complexity index is 500. The molecule has 0 aliphatic carbocycles. The highest BCUT2D eigenvalue weighted by atomic mass is 16.2. The number of rotatable bonds is 2. The number of hydrogen-bond donors (Lipinski definition) is 1. The Morgan fingerprint density at radius 3 is 2.80 bits per heavy atom. The Balaban J connectivity index is 1.53. The Hall–Kier alpha value is -1.56. The van der Waals surface area contributed by atoms with E-state index < -0.39 is 0 Å². The van der Waals surface area contributed by atoms with Crippen LogP contribution in [0, 0.1) is 5.41 Å². The molecular weight excluding hydrogens is 254 g/mol. The summed E-state index contributed by atoms with van der Waals surface area (Å²) in [5.41, 5.74) is 1.37. The van der Waals surface area contributed by atoms with Crippen LogP contribution in [0.15, 0.2) is 12.5 Å². The number of carbonyl (C=O) groups is 1. The number of urea groups is 1. The zero-order valence-electron chi connectivity index (χ0n) is 12.3. The number of aromatic nitrogens is 2. The molecule has 1 spiro atoms. The van der Waals surface area contributed by atoms with E-state index in [4.69, 9.17) is 0 Å². The molecule has 1 N–H and O–H groups in total. The molecule has 0 bridgehead atoms. The van der Waals surface area contributed by atoms with Crippen molar-refractivity contribution in [1.29, 1.82) is 0 Å². The van der Waals surface area contributed by atoms with Gasteiger partial charge in [0.15, 0.2) is 0 Å². The second-order valence-electron chi connectivity index (χ2n) is 6.31. The Morgan fingerprint density at radius 1 is 1.35 bits per heavy atom. The minimum atomic E-state index is 0.0534. The van der Waals surface area contributed by atoms with E-state index in [0.29, 0.717) is 12.0 Å². The van der Waals surface area contributed by atoms with Crippen LogP contribution in [-0.2, 0) is 13.6 Å². The van der Waals surface area contributed by atoms with E-state index in [1.165, 1.54) is 6.42 Å². The highest BCUT2D eigenvalue weighted by molar-refractivity contribution is 5.74. The van der Waals surface area contributed by atoms with Gasteiger partial charge in [-0.15, -0.1) is 0 Å². The molecule has 110 valence electrons. The Morgan fingerprint density at radius 2 is 2.15 bits per heavy atom. The van der Waals surface area contributed by atoms with Crippen molar-refractivity contribution in [1.82, 2.24) is 24.7 Å². The fraction of sp³-hybridized carbons (Fsp3) is 0.714. The van der Waals surface area contributed by atoms with E-state index in [0.717, 1.165) is 38.3 Å². The van der Waals surface area contributed by atoms with Crippen LogP contribution in [-0.4, -0.2) is 58.6 Å². The summed E-state index contributed by atoms with van der Waals surface area (Å²) in [5.74, 6) is 0. The molecule has 3 heterocycles. The van der Waals surface area contributed by atoms with Gasteiger partial charge in [-0.1, -0.05) is 0 Å². The molecule has 1 aromatic heterocycles. The van der Waals surface area contributed by atoms with E-state index in [1.54, 1.807) is 12.5 Å². The van der Waals surface area contributed by atoms with E-state index in [2.05, 4.69) is 22.2 Å². The van der Waals surface area contributed by atoms with Gasteiger partial charge in [-0.05, 0) is 26.4 Å². The van der Waals surface area contributed by atoms with E-state index in [9.17, 15) is 4.79 Å². The number of hydrogen-bond acceptors (Lipinski definition) is 3. The molecule has 0 aromatic carbocycles. The summed E-state index contributed by atoms with van der Waals surface area (Å²) in [5, 5.41) is 3.00.